The van der Waals surface area contributed by atoms with Crippen LogP contribution in [0.25, 0.3) is 16.8 Å². The monoisotopic (exact) mass is 463 g/mol. The Hall–Kier alpha value is -3.85. The topological polar surface area (TPSA) is 108 Å². The molecule has 168 valence electrons. The molecule has 0 radical (unpaired) electrons. The minimum atomic E-state index is -0.628. The molecule has 1 unspecified atom stereocenters. The third-order valence-corrected chi connectivity index (χ3v) is 5.22. The second kappa shape index (κ2) is 9.74. The first kappa shape index (κ1) is 22.3. The highest BCUT2D eigenvalue weighted by molar-refractivity contribution is 6.29. The van der Waals surface area contributed by atoms with Crippen LogP contribution in [0.5, 0.6) is 5.75 Å². The van der Waals surface area contributed by atoms with E-state index in [1.165, 1.54) is 6.33 Å². The van der Waals surface area contributed by atoms with Gasteiger partial charge in [-0.25, -0.2) is 14.8 Å². The molecule has 0 spiro atoms. The number of rotatable bonds is 6. The van der Waals surface area contributed by atoms with Gasteiger partial charge in [-0.1, -0.05) is 48.4 Å². The first-order valence-corrected chi connectivity index (χ1v) is 10.8. The maximum Gasteiger partial charge on any atom is 0.413 e. The van der Waals surface area contributed by atoms with Crippen LogP contribution in [0.3, 0.4) is 0 Å². The zero-order valence-corrected chi connectivity index (χ0v) is 19.1. The van der Waals surface area contributed by atoms with Crippen molar-refractivity contribution in [2.45, 2.75) is 33.2 Å². The molecule has 2 heterocycles. The fourth-order valence-corrected chi connectivity index (χ4v) is 3.43. The average Bonchev–Trinajstić information content (AvgIpc) is 3.28. The van der Waals surface area contributed by atoms with Gasteiger partial charge in [0.1, 0.15) is 17.2 Å². The molecule has 4 aromatic rings. The van der Waals surface area contributed by atoms with Crippen LogP contribution in [0.15, 0.2) is 54.9 Å². The Kier molecular flexibility index (Phi) is 6.60. The molecule has 0 aliphatic rings. The van der Waals surface area contributed by atoms with Gasteiger partial charge < -0.3 is 10.1 Å². The summed E-state index contributed by atoms with van der Waals surface area (Å²) in [5.74, 6) is 1.05. The first-order valence-electron chi connectivity index (χ1n) is 10.4. The van der Waals surface area contributed by atoms with E-state index in [9.17, 15) is 4.79 Å². The van der Waals surface area contributed by atoms with Gasteiger partial charge in [0.15, 0.2) is 5.82 Å². The van der Waals surface area contributed by atoms with Crippen molar-refractivity contribution in [2.75, 3.05) is 0 Å². The van der Waals surface area contributed by atoms with Crippen LogP contribution in [0.1, 0.15) is 37.0 Å². The van der Waals surface area contributed by atoms with E-state index in [1.54, 1.807) is 29.8 Å². The molecule has 10 heteroatoms. The number of carbonyl (C=O) groups excluding carboxylic acids is 1. The van der Waals surface area contributed by atoms with E-state index in [0.29, 0.717) is 34.5 Å². The maximum absolute atomic E-state index is 12.6. The van der Waals surface area contributed by atoms with Crippen molar-refractivity contribution in [1.29, 1.82) is 0 Å². The highest BCUT2D eigenvalue weighted by atomic mass is 35.5. The van der Waals surface area contributed by atoms with Crippen molar-refractivity contribution >= 4 is 17.7 Å². The molecule has 0 aliphatic carbocycles. The Balaban J connectivity index is 1.63. The molecule has 2 aromatic heterocycles. The number of aromatic nitrogens is 6. The van der Waals surface area contributed by atoms with E-state index >= 15 is 0 Å². The molecule has 0 fully saturated rings. The van der Waals surface area contributed by atoms with E-state index in [4.69, 9.17) is 16.3 Å². The highest BCUT2D eigenvalue weighted by Crippen LogP contribution is 2.29. The number of hydrogen-bond acceptors (Lipinski definition) is 7. The molecular weight excluding hydrogens is 442 g/mol. The molecule has 2 aromatic carbocycles. The second-order valence-electron chi connectivity index (χ2n) is 7.46. The van der Waals surface area contributed by atoms with Crippen LogP contribution < -0.4 is 10.1 Å². The van der Waals surface area contributed by atoms with E-state index in [2.05, 4.69) is 30.8 Å². The Labute approximate surface area is 195 Å². The van der Waals surface area contributed by atoms with Gasteiger partial charge in [0.25, 0.3) is 0 Å². The summed E-state index contributed by atoms with van der Waals surface area (Å²) in [6.07, 6.45) is 1.37. The fraction of sp³-hybridized carbons (Fsp3) is 0.217. The lowest BCUT2D eigenvalue weighted by atomic mass is 10.0. The van der Waals surface area contributed by atoms with Gasteiger partial charge >= 0.3 is 6.09 Å². The maximum atomic E-state index is 12.6. The molecule has 0 bridgehead atoms. The number of halogens is 1. The first-order chi connectivity index (χ1) is 15.9. The zero-order chi connectivity index (χ0) is 23.4. The number of ether oxygens (including phenoxy) is 1. The van der Waals surface area contributed by atoms with Gasteiger partial charge in [0, 0.05) is 12.5 Å². The summed E-state index contributed by atoms with van der Waals surface area (Å²) in [5, 5.41) is 15.0. The van der Waals surface area contributed by atoms with Crippen molar-refractivity contribution in [1.82, 2.24) is 35.5 Å². The van der Waals surface area contributed by atoms with Gasteiger partial charge in [-0.2, -0.15) is 4.68 Å². The SMILES string of the molecule is CCc1nnnn1-c1cc(OC(=O)NC(C)c2cc(Cl)ncn2)cc(-c2ccc(C)cc2)c1. The standard InChI is InChI=1S/C23H22ClN7O2/c1-4-22-28-29-30-31(22)18-9-17(16-7-5-14(2)6-8-16)10-19(11-18)33-23(32)27-15(3)20-12-21(24)26-13-25-20/h5-13,15H,4H2,1-3H3,(H,27,32). The van der Waals surface area contributed by atoms with Crippen molar-refractivity contribution in [3.63, 3.8) is 0 Å². The summed E-state index contributed by atoms with van der Waals surface area (Å²) >= 11 is 5.92. The summed E-state index contributed by atoms with van der Waals surface area (Å²) < 4.78 is 7.26. The number of benzene rings is 2. The zero-order valence-electron chi connectivity index (χ0n) is 18.4. The average molecular weight is 464 g/mol. The molecule has 0 saturated heterocycles. The van der Waals surface area contributed by atoms with Crippen molar-refractivity contribution in [3.05, 3.63) is 77.1 Å². The van der Waals surface area contributed by atoms with Crippen molar-refractivity contribution in [2.24, 2.45) is 0 Å². The number of tetrazole rings is 1. The van der Waals surface area contributed by atoms with Crippen LogP contribution in [-0.4, -0.2) is 36.3 Å². The van der Waals surface area contributed by atoms with Crippen LogP contribution >= 0.6 is 11.6 Å². The third-order valence-electron chi connectivity index (χ3n) is 5.01. The number of nitrogens with one attached hydrogen (secondary N) is 1. The number of nitrogens with zero attached hydrogens (tertiary/aromatic N) is 6. The molecule has 33 heavy (non-hydrogen) atoms. The predicted molar refractivity (Wildman–Crippen MR) is 123 cm³/mol. The van der Waals surface area contributed by atoms with E-state index in [0.717, 1.165) is 16.7 Å². The minimum Gasteiger partial charge on any atom is -0.410 e. The Morgan fingerprint density at radius 1 is 1.12 bits per heavy atom. The lowest BCUT2D eigenvalue weighted by Crippen LogP contribution is -2.30. The van der Waals surface area contributed by atoms with Gasteiger partial charge in [0.05, 0.1) is 17.4 Å². The second-order valence-corrected chi connectivity index (χ2v) is 7.85. The molecule has 1 N–H and O–H groups in total. The highest BCUT2D eigenvalue weighted by Gasteiger charge is 2.16. The third kappa shape index (κ3) is 5.32. The molecule has 0 saturated carbocycles. The molecule has 0 aliphatic heterocycles. The number of hydrogen-bond donors (Lipinski definition) is 1. The summed E-state index contributed by atoms with van der Waals surface area (Å²) in [6.45, 7) is 5.78. The number of amides is 1. The summed E-state index contributed by atoms with van der Waals surface area (Å²) in [4.78, 5) is 20.6. The van der Waals surface area contributed by atoms with Crippen molar-refractivity contribution in [3.8, 4) is 22.6 Å². The summed E-state index contributed by atoms with van der Waals surface area (Å²) in [6, 6.07) is 14.7. The quantitative estimate of drug-likeness (QED) is 0.419. The Morgan fingerprint density at radius 2 is 1.91 bits per heavy atom. The van der Waals surface area contributed by atoms with Gasteiger partial charge in [-0.15, -0.1) is 5.10 Å². The van der Waals surface area contributed by atoms with Crippen LogP contribution in [0.4, 0.5) is 4.79 Å². The normalized spacial score (nSPS) is 11.8. The van der Waals surface area contributed by atoms with Gasteiger partial charge in [-0.3, -0.25) is 0 Å². The lowest BCUT2D eigenvalue weighted by molar-refractivity contribution is 0.196. The van der Waals surface area contributed by atoms with Crippen molar-refractivity contribution < 1.29 is 9.53 Å². The summed E-state index contributed by atoms with van der Waals surface area (Å²) in [5.41, 5.74) is 4.25. The Morgan fingerprint density at radius 3 is 2.64 bits per heavy atom. The molecule has 4 rings (SSSR count). The molecular formula is C23H22ClN7O2. The molecule has 1 atom stereocenters. The Bertz CT molecular complexity index is 1270. The summed E-state index contributed by atoms with van der Waals surface area (Å²) in [7, 11) is 0. The van der Waals surface area contributed by atoms with Crippen LogP contribution in [0, 0.1) is 6.92 Å². The van der Waals surface area contributed by atoms with E-state index in [-0.39, 0.29) is 0 Å². The van der Waals surface area contributed by atoms with Gasteiger partial charge in [-0.05, 0) is 53.6 Å². The molecule has 9 nitrogen and oxygen atoms in total. The van der Waals surface area contributed by atoms with Crippen LogP contribution in [-0.2, 0) is 6.42 Å². The number of carbonyl (C=O) groups is 1. The van der Waals surface area contributed by atoms with Gasteiger partial charge in [0.2, 0.25) is 0 Å². The smallest absolute Gasteiger partial charge is 0.410 e. The number of aryl methyl sites for hydroxylation is 2. The van der Waals surface area contributed by atoms with E-state index in [1.807, 2.05) is 44.2 Å². The van der Waals surface area contributed by atoms with E-state index < -0.39 is 12.1 Å². The molecule has 1 amide bonds. The lowest BCUT2D eigenvalue weighted by Gasteiger charge is -2.15. The predicted octanol–water partition coefficient (Wildman–Crippen LogP) is 4.49. The van der Waals surface area contributed by atoms with Crippen LogP contribution in [0.2, 0.25) is 5.15 Å². The minimum absolute atomic E-state index is 0.297. The largest absolute Gasteiger partial charge is 0.413 e. The fourth-order valence-electron chi connectivity index (χ4n) is 3.28.